The monoisotopic (exact) mass is 107 g/mol. The number of hydrogen-bond acceptors (Lipinski definition) is 1. The van der Waals surface area contributed by atoms with Crippen molar-refractivity contribution in [2.24, 2.45) is 0 Å². The van der Waals surface area contributed by atoms with Gasteiger partial charge in [-0.1, -0.05) is 12.2 Å². The minimum atomic E-state index is 0.411. The van der Waals surface area contributed by atoms with E-state index in [2.05, 4.69) is 36.3 Å². The molecule has 2 aliphatic heterocycles. The molecule has 1 fully saturated rings. The zero-order valence-corrected chi connectivity index (χ0v) is 4.96. The Morgan fingerprint density at radius 2 is 2.38 bits per heavy atom. The van der Waals surface area contributed by atoms with Crippen molar-refractivity contribution in [2.45, 2.75) is 12.5 Å². The van der Waals surface area contributed by atoms with Gasteiger partial charge in [0.25, 0.3) is 0 Å². The first-order valence-electron chi connectivity index (χ1n) is 2.94. The van der Waals surface area contributed by atoms with Gasteiger partial charge < -0.3 is 4.90 Å². The molecule has 0 N–H and O–H groups in total. The maximum atomic E-state index is 2.31. The van der Waals surface area contributed by atoms with Crippen molar-refractivity contribution < 1.29 is 0 Å². The molecule has 0 radical (unpaired) electrons. The first-order valence-corrected chi connectivity index (χ1v) is 2.94. The number of hydrogen-bond donors (Lipinski definition) is 0. The Hall–Kier alpha value is -0.720. The van der Waals surface area contributed by atoms with E-state index in [4.69, 9.17) is 0 Å². The van der Waals surface area contributed by atoms with Crippen molar-refractivity contribution >= 4 is 0 Å². The zero-order valence-electron chi connectivity index (χ0n) is 4.96. The van der Waals surface area contributed by atoms with Gasteiger partial charge in [-0.3, -0.25) is 0 Å². The number of allylic oxidation sites excluding steroid dienone is 2. The molecule has 1 heteroatoms. The van der Waals surface area contributed by atoms with Crippen LogP contribution in [0.15, 0.2) is 24.4 Å². The van der Waals surface area contributed by atoms with Gasteiger partial charge in [-0.25, -0.2) is 0 Å². The van der Waals surface area contributed by atoms with E-state index in [1.165, 1.54) is 6.54 Å². The Kier molecular flexibility index (Phi) is 0.520. The van der Waals surface area contributed by atoms with Gasteiger partial charge in [0.2, 0.25) is 0 Å². The first-order chi connectivity index (χ1) is 3.81. The highest BCUT2D eigenvalue weighted by atomic mass is 15.3. The average molecular weight is 107 g/mol. The van der Waals surface area contributed by atoms with E-state index in [-0.39, 0.29) is 0 Å². The van der Waals surface area contributed by atoms with Crippen LogP contribution in [0.3, 0.4) is 0 Å². The SMILES string of the molecule is CC12C=CC=CN1C2. The second-order valence-corrected chi connectivity index (χ2v) is 2.69. The maximum Gasteiger partial charge on any atom is 0.0730 e. The van der Waals surface area contributed by atoms with Crippen molar-refractivity contribution in [2.75, 3.05) is 6.54 Å². The summed E-state index contributed by atoms with van der Waals surface area (Å²) in [5.74, 6) is 0. The van der Waals surface area contributed by atoms with E-state index in [1.807, 2.05) is 0 Å². The fourth-order valence-electron chi connectivity index (χ4n) is 1.10. The topological polar surface area (TPSA) is 3.01 Å². The molecule has 8 heavy (non-hydrogen) atoms. The third-order valence-electron chi connectivity index (χ3n) is 1.88. The highest BCUT2D eigenvalue weighted by Crippen LogP contribution is 2.35. The lowest BCUT2D eigenvalue weighted by Crippen LogP contribution is -2.07. The normalized spacial score (nSPS) is 39.9. The molecular formula is C7H9N. The second-order valence-electron chi connectivity index (χ2n) is 2.69. The van der Waals surface area contributed by atoms with Crippen LogP contribution in [0.5, 0.6) is 0 Å². The number of fused-ring (bicyclic) bond motifs is 1. The lowest BCUT2D eigenvalue weighted by atomic mass is 10.1. The Bertz CT molecular complexity index is 169. The van der Waals surface area contributed by atoms with Crippen molar-refractivity contribution in [3.8, 4) is 0 Å². The Labute approximate surface area is 49.3 Å². The number of rotatable bonds is 0. The Morgan fingerprint density at radius 3 is 2.88 bits per heavy atom. The summed E-state index contributed by atoms with van der Waals surface area (Å²) in [5.41, 5.74) is 0.411. The quantitative estimate of drug-likeness (QED) is 0.419. The number of nitrogens with zero attached hydrogens (tertiary/aromatic N) is 1. The van der Waals surface area contributed by atoms with Crippen LogP contribution in [0.4, 0.5) is 0 Å². The molecule has 0 aliphatic carbocycles. The summed E-state index contributed by atoms with van der Waals surface area (Å²) >= 11 is 0. The molecule has 1 saturated heterocycles. The molecule has 0 amide bonds. The lowest BCUT2D eigenvalue weighted by molar-refractivity contribution is 0.613. The van der Waals surface area contributed by atoms with Gasteiger partial charge in [0.05, 0.1) is 5.54 Å². The van der Waals surface area contributed by atoms with E-state index in [1.54, 1.807) is 0 Å². The predicted octanol–water partition coefficient (Wildman–Crippen LogP) is 1.14. The van der Waals surface area contributed by atoms with Crippen LogP contribution in [0.1, 0.15) is 6.92 Å². The van der Waals surface area contributed by atoms with E-state index in [0.29, 0.717) is 5.54 Å². The van der Waals surface area contributed by atoms with Gasteiger partial charge in [-0.05, 0) is 13.0 Å². The fourth-order valence-corrected chi connectivity index (χ4v) is 1.10. The molecule has 42 valence electrons. The Balaban J connectivity index is 2.33. The molecule has 2 aliphatic rings. The molecule has 0 saturated carbocycles. The highest BCUT2D eigenvalue weighted by Gasteiger charge is 2.43. The molecule has 1 nitrogen and oxygen atoms in total. The van der Waals surface area contributed by atoms with Gasteiger partial charge in [0.1, 0.15) is 0 Å². The van der Waals surface area contributed by atoms with Gasteiger partial charge in [-0.2, -0.15) is 0 Å². The summed E-state index contributed by atoms with van der Waals surface area (Å²) in [6, 6.07) is 0. The molecular weight excluding hydrogens is 98.1 g/mol. The maximum absolute atomic E-state index is 2.31. The summed E-state index contributed by atoms with van der Waals surface area (Å²) < 4.78 is 0. The lowest BCUT2D eigenvalue weighted by Gasteiger charge is -2.05. The first kappa shape index (κ1) is 4.19. The van der Waals surface area contributed by atoms with Gasteiger partial charge >= 0.3 is 0 Å². The zero-order chi connectivity index (χ0) is 5.61. The van der Waals surface area contributed by atoms with Crippen LogP contribution in [-0.4, -0.2) is 17.0 Å². The van der Waals surface area contributed by atoms with Crippen LogP contribution >= 0.6 is 0 Å². The third-order valence-corrected chi connectivity index (χ3v) is 1.88. The van der Waals surface area contributed by atoms with Crippen LogP contribution in [0.25, 0.3) is 0 Å². The standard InChI is InChI=1S/C7H9N/c1-7-4-2-3-5-8(7)6-7/h2-5H,6H2,1H3. The molecule has 0 bridgehead atoms. The average Bonchev–Trinajstić information content (AvgIpc) is 2.39. The molecule has 2 heterocycles. The summed E-state index contributed by atoms with van der Waals surface area (Å²) in [7, 11) is 0. The summed E-state index contributed by atoms with van der Waals surface area (Å²) in [4.78, 5) is 2.31. The summed E-state index contributed by atoms with van der Waals surface area (Å²) in [6.45, 7) is 3.45. The largest absolute Gasteiger partial charge is 0.364 e. The minimum absolute atomic E-state index is 0.411. The fraction of sp³-hybridized carbons (Fsp3) is 0.429. The molecule has 0 aromatic carbocycles. The van der Waals surface area contributed by atoms with Gasteiger partial charge in [-0.15, -0.1) is 0 Å². The molecule has 0 spiro atoms. The van der Waals surface area contributed by atoms with E-state index in [9.17, 15) is 0 Å². The van der Waals surface area contributed by atoms with Crippen LogP contribution < -0.4 is 0 Å². The van der Waals surface area contributed by atoms with Crippen LogP contribution in [-0.2, 0) is 0 Å². The predicted molar refractivity (Wildman–Crippen MR) is 33.4 cm³/mol. The molecule has 2 rings (SSSR count). The van der Waals surface area contributed by atoms with Crippen LogP contribution in [0.2, 0.25) is 0 Å². The smallest absolute Gasteiger partial charge is 0.0730 e. The molecule has 0 aromatic rings. The van der Waals surface area contributed by atoms with E-state index >= 15 is 0 Å². The van der Waals surface area contributed by atoms with Crippen LogP contribution in [0, 0.1) is 0 Å². The minimum Gasteiger partial charge on any atom is -0.364 e. The van der Waals surface area contributed by atoms with Crippen molar-refractivity contribution in [3.05, 3.63) is 24.4 Å². The highest BCUT2D eigenvalue weighted by molar-refractivity contribution is 5.28. The van der Waals surface area contributed by atoms with Crippen molar-refractivity contribution in [3.63, 3.8) is 0 Å². The molecule has 1 unspecified atom stereocenters. The van der Waals surface area contributed by atoms with Crippen molar-refractivity contribution in [1.82, 2.24) is 4.90 Å². The van der Waals surface area contributed by atoms with Gasteiger partial charge in [0.15, 0.2) is 0 Å². The van der Waals surface area contributed by atoms with Gasteiger partial charge in [0, 0.05) is 12.7 Å². The van der Waals surface area contributed by atoms with E-state index < -0.39 is 0 Å². The summed E-state index contributed by atoms with van der Waals surface area (Å²) in [5, 5.41) is 0. The molecule has 0 aromatic heterocycles. The summed E-state index contributed by atoms with van der Waals surface area (Å²) in [6.07, 6.45) is 8.57. The second kappa shape index (κ2) is 0.993. The third kappa shape index (κ3) is 0.365. The van der Waals surface area contributed by atoms with E-state index in [0.717, 1.165) is 0 Å². The van der Waals surface area contributed by atoms with Crippen molar-refractivity contribution in [1.29, 1.82) is 0 Å². The molecule has 1 atom stereocenters. The Morgan fingerprint density at radius 1 is 1.50 bits per heavy atom.